The van der Waals surface area contributed by atoms with Gasteiger partial charge < -0.3 is 14.2 Å². The Morgan fingerprint density at radius 1 is 1.35 bits per heavy atom. The fourth-order valence-corrected chi connectivity index (χ4v) is 2.08. The minimum absolute atomic E-state index is 0.543. The predicted octanol–water partition coefficient (Wildman–Crippen LogP) is 1.72. The minimum atomic E-state index is 0.543. The van der Waals surface area contributed by atoms with Crippen LogP contribution in [0.5, 0.6) is 0 Å². The van der Waals surface area contributed by atoms with Crippen molar-refractivity contribution in [2.45, 2.75) is 39.3 Å². The number of hydrogen-bond acceptors (Lipinski definition) is 4. The summed E-state index contributed by atoms with van der Waals surface area (Å²) in [6.07, 6.45) is 4.17. The molecule has 1 fully saturated rings. The summed E-state index contributed by atoms with van der Waals surface area (Å²) in [5.41, 5.74) is 0. The van der Waals surface area contributed by atoms with E-state index in [0.717, 1.165) is 18.9 Å². The molecule has 2 rings (SSSR count). The van der Waals surface area contributed by atoms with Crippen LogP contribution in [0, 0.1) is 0 Å². The molecule has 0 unspecified atom stereocenters. The van der Waals surface area contributed by atoms with E-state index in [2.05, 4.69) is 26.7 Å². The standard InChI is InChI=1S/C10H18N4O.C2H6/c1-13-5-3-9(4-6-13)14-8-11-12-10(14)7-15-2;1-2/h8-9H,3-7H2,1-2H3;1-2H3. The third-order valence-corrected chi connectivity index (χ3v) is 3.00. The maximum absolute atomic E-state index is 5.11. The Labute approximate surface area is 104 Å². The monoisotopic (exact) mass is 240 g/mol. The van der Waals surface area contributed by atoms with E-state index in [-0.39, 0.29) is 0 Å². The lowest BCUT2D eigenvalue weighted by Gasteiger charge is -2.30. The highest BCUT2D eigenvalue weighted by Gasteiger charge is 2.20. The van der Waals surface area contributed by atoms with Gasteiger partial charge in [0.05, 0.1) is 0 Å². The number of methoxy groups -OCH3 is 1. The van der Waals surface area contributed by atoms with Crippen LogP contribution >= 0.6 is 0 Å². The quantitative estimate of drug-likeness (QED) is 0.807. The predicted molar refractivity (Wildman–Crippen MR) is 67.9 cm³/mol. The molecule has 1 aromatic rings. The molecule has 0 N–H and O–H groups in total. The Hall–Kier alpha value is -0.940. The first-order valence-electron chi connectivity index (χ1n) is 6.37. The Morgan fingerprint density at radius 3 is 2.59 bits per heavy atom. The van der Waals surface area contributed by atoms with Gasteiger partial charge >= 0.3 is 0 Å². The molecule has 0 saturated carbocycles. The van der Waals surface area contributed by atoms with Gasteiger partial charge in [-0.05, 0) is 33.0 Å². The molecule has 5 nitrogen and oxygen atoms in total. The van der Waals surface area contributed by atoms with Gasteiger partial charge in [0, 0.05) is 13.2 Å². The summed E-state index contributed by atoms with van der Waals surface area (Å²) < 4.78 is 7.27. The summed E-state index contributed by atoms with van der Waals surface area (Å²) in [5, 5.41) is 8.03. The van der Waals surface area contributed by atoms with Crippen LogP contribution in [0.2, 0.25) is 0 Å². The van der Waals surface area contributed by atoms with E-state index in [4.69, 9.17) is 4.74 Å². The van der Waals surface area contributed by atoms with Crippen LogP contribution in [0.15, 0.2) is 6.33 Å². The van der Waals surface area contributed by atoms with Crippen molar-refractivity contribution < 1.29 is 4.74 Å². The van der Waals surface area contributed by atoms with Crippen molar-refractivity contribution in [1.29, 1.82) is 0 Å². The van der Waals surface area contributed by atoms with Gasteiger partial charge in [0.25, 0.3) is 0 Å². The Bertz CT molecular complexity index is 305. The van der Waals surface area contributed by atoms with E-state index in [1.54, 1.807) is 7.11 Å². The van der Waals surface area contributed by atoms with Crippen molar-refractivity contribution in [2.75, 3.05) is 27.2 Å². The molecule has 1 aliphatic rings. The van der Waals surface area contributed by atoms with Crippen LogP contribution in [-0.2, 0) is 11.3 Å². The summed E-state index contributed by atoms with van der Waals surface area (Å²) in [6.45, 7) is 6.84. The van der Waals surface area contributed by atoms with Crippen LogP contribution < -0.4 is 0 Å². The lowest BCUT2D eigenvalue weighted by molar-refractivity contribution is 0.163. The van der Waals surface area contributed by atoms with Gasteiger partial charge in [-0.25, -0.2) is 0 Å². The van der Waals surface area contributed by atoms with Crippen LogP contribution in [0.25, 0.3) is 0 Å². The highest BCUT2D eigenvalue weighted by atomic mass is 16.5. The van der Waals surface area contributed by atoms with Crippen molar-refractivity contribution in [1.82, 2.24) is 19.7 Å². The van der Waals surface area contributed by atoms with Gasteiger partial charge in [-0.3, -0.25) is 0 Å². The molecule has 0 amide bonds. The molecular weight excluding hydrogens is 216 g/mol. The molecule has 2 heterocycles. The lowest BCUT2D eigenvalue weighted by atomic mass is 10.1. The first-order valence-corrected chi connectivity index (χ1v) is 6.37. The molecule has 0 bridgehead atoms. The van der Waals surface area contributed by atoms with Gasteiger partial charge in [-0.1, -0.05) is 13.8 Å². The largest absolute Gasteiger partial charge is 0.377 e. The van der Waals surface area contributed by atoms with E-state index in [9.17, 15) is 0 Å². The molecule has 0 spiro atoms. The normalized spacial score (nSPS) is 17.6. The van der Waals surface area contributed by atoms with E-state index in [1.165, 1.54) is 12.8 Å². The van der Waals surface area contributed by atoms with Gasteiger partial charge in [-0.2, -0.15) is 0 Å². The van der Waals surface area contributed by atoms with E-state index in [0.29, 0.717) is 12.6 Å². The van der Waals surface area contributed by atoms with Gasteiger partial charge in [-0.15, -0.1) is 10.2 Å². The molecule has 1 aliphatic heterocycles. The summed E-state index contributed by atoms with van der Waals surface area (Å²) in [5.74, 6) is 0.937. The third kappa shape index (κ3) is 3.78. The maximum Gasteiger partial charge on any atom is 0.159 e. The molecule has 17 heavy (non-hydrogen) atoms. The van der Waals surface area contributed by atoms with E-state index < -0.39 is 0 Å². The molecule has 1 aromatic heterocycles. The highest BCUT2D eigenvalue weighted by Crippen LogP contribution is 2.22. The van der Waals surface area contributed by atoms with Crippen molar-refractivity contribution in [3.63, 3.8) is 0 Å². The summed E-state index contributed by atoms with van der Waals surface area (Å²) in [6, 6.07) is 0.543. The molecule has 98 valence electrons. The SMILES string of the molecule is CC.COCc1nncn1C1CCN(C)CC1. The fourth-order valence-electron chi connectivity index (χ4n) is 2.08. The van der Waals surface area contributed by atoms with Crippen molar-refractivity contribution >= 4 is 0 Å². The van der Waals surface area contributed by atoms with Gasteiger partial charge in [0.2, 0.25) is 0 Å². The van der Waals surface area contributed by atoms with Crippen LogP contribution in [0.1, 0.15) is 38.6 Å². The van der Waals surface area contributed by atoms with Gasteiger partial charge in [0.15, 0.2) is 5.82 Å². The number of rotatable bonds is 3. The Balaban J connectivity index is 0.000000686. The number of hydrogen-bond donors (Lipinski definition) is 0. The molecule has 0 aromatic carbocycles. The van der Waals surface area contributed by atoms with Crippen LogP contribution in [-0.4, -0.2) is 46.9 Å². The summed E-state index contributed by atoms with van der Waals surface area (Å²) in [7, 11) is 3.85. The number of ether oxygens (including phenoxy) is 1. The highest BCUT2D eigenvalue weighted by molar-refractivity contribution is 4.89. The molecule has 0 atom stereocenters. The average Bonchev–Trinajstić information content (AvgIpc) is 2.82. The molecule has 1 saturated heterocycles. The summed E-state index contributed by atoms with van der Waals surface area (Å²) >= 11 is 0. The average molecular weight is 240 g/mol. The smallest absolute Gasteiger partial charge is 0.159 e. The summed E-state index contributed by atoms with van der Waals surface area (Å²) in [4.78, 5) is 2.36. The first-order chi connectivity index (χ1) is 8.31. The van der Waals surface area contributed by atoms with E-state index in [1.807, 2.05) is 20.2 Å². The third-order valence-electron chi connectivity index (χ3n) is 3.00. The zero-order valence-corrected chi connectivity index (χ0v) is 11.4. The zero-order valence-electron chi connectivity index (χ0n) is 11.4. The lowest BCUT2D eigenvalue weighted by Crippen LogP contribution is -2.31. The number of aromatic nitrogens is 3. The number of likely N-dealkylation sites (tertiary alicyclic amines) is 1. The second kappa shape index (κ2) is 7.40. The fraction of sp³-hybridized carbons (Fsp3) is 0.833. The van der Waals surface area contributed by atoms with Gasteiger partial charge in [0.1, 0.15) is 12.9 Å². The number of nitrogens with zero attached hydrogens (tertiary/aromatic N) is 4. The van der Waals surface area contributed by atoms with E-state index >= 15 is 0 Å². The second-order valence-electron chi connectivity index (χ2n) is 4.12. The maximum atomic E-state index is 5.11. The molecule has 5 heteroatoms. The zero-order chi connectivity index (χ0) is 12.7. The second-order valence-corrected chi connectivity index (χ2v) is 4.12. The van der Waals surface area contributed by atoms with Crippen LogP contribution in [0.4, 0.5) is 0 Å². The number of piperidine rings is 1. The topological polar surface area (TPSA) is 43.2 Å². The van der Waals surface area contributed by atoms with Crippen molar-refractivity contribution in [2.24, 2.45) is 0 Å². The van der Waals surface area contributed by atoms with Crippen molar-refractivity contribution in [3.8, 4) is 0 Å². The minimum Gasteiger partial charge on any atom is -0.377 e. The van der Waals surface area contributed by atoms with Crippen LogP contribution in [0.3, 0.4) is 0 Å². The first kappa shape index (κ1) is 14.1. The molecule has 0 aliphatic carbocycles. The Morgan fingerprint density at radius 2 is 2.00 bits per heavy atom. The van der Waals surface area contributed by atoms with Crippen molar-refractivity contribution in [3.05, 3.63) is 12.2 Å². The molecular formula is C12H24N4O. The molecule has 0 radical (unpaired) electrons. The Kier molecular flexibility index (Phi) is 6.15.